The third-order valence-electron chi connectivity index (χ3n) is 4.42. The van der Waals surface area contributed by atoms with E-state index < -0.39 is 17.4 Å². The van der Waals surface area contributed by atoms with Gasteiger partial charge in [0.15, 0.2) is 0 Å². The van der Waals surface area contributed by atoms with Gasteiger partial charge in [0.25, 0.3) is 0 Å². The zero-order valence-corrected chi connectivity index (χ0v) is 15.1. The summed E-state index contributed by atoms with van der Waals surface area (Å²) in [6.45, 7) is 7.87. The fourth-order valence-electron chi connectivity index (χ4n) is 2.77. The smallest absolute Gasteiger partial charge is 0.331 e. The van der Waals surface area contributed by atoms with Gasteiger partial charge in [0.05, 0.1) is 5.41 Å². The number of carbonyl (C=O) groups is 2. The zero-order valence-electron chi connectivity index (χ0n) is 15.1. The van der Waals surface area contributed by atoms with Crippen LogP contribution < -0.4 is 10.2 Å². The molecular weight excluding hydrogens is 334 g/mol. The minimum absolute atomic E-state index is 0.0359. The van der Waals surface area contributed by atoms with Crippen molar-refractivity contribution < 1.29 is 19.8 Å². The number of aromatic nitrogens is 1. The van der Waals surface area contributed by atoms with Crippen molar-refractivity contribution >= 4 is 17.8 Å². The van der Waals surface area contributed by atoms with Crippen molar-refractivity contribution in [1.82, 2.24) is 10.3 Å². The van der Waals surface area contributed by atoms with E-state index in [4.69, 9.17) is 10.2 Å². The second-order valence-electron chi connectivity index (χ2n) is 6.68. The lowest BCUT2D eigenvalue weighted by molar-refractivity contribution is -0.145. The van der Waals surface area contributed by atoms with E-state index >= 15 is 0 Å². The predicted octanol–water partition coefficient (Wildman–Crippen LogP) is 1.85. The summed E-state index contributed by atoms with van der Waals surface area (Å²) in [4.78, 5) is 28.0. The molecule has 7 nitrogen and oxygen atoms in total. The molecule has 2 heterocycles. The highest BCUT2D eigenvalue weighted by Gasteiger charge is 2.34. The first-order valence-electron chi connectivity index (χ1n) is 8.55. The molecule has 0 saturated carbocycles. The van der Waals surface area contributed by atoms with Crippen molar-refractivity contribution in [3.63, 3.8) is 0 Å². The van der Waals surface area contributed by atoms with Crippen LogP contribution in [0.2, 0.25) is 0 Å². The van der Waals surface area contributed by atoms with E-state index in [0.29, 0.717) is 0 Å². The van der Waals surface area contributed by atoms with Gasteiger partial charge in [0, 0.05) is 37.9 Å². The van der Waals surface area contributed by atoms with Crippen LogP contribution in [0, 0.1) is 12.3 Å². The monoisotopic (exact) mass is 359 g/mol. The molecule has 3 N–H and O–H groups in total. The largest absolute Gasteiger partial charge is 0.481 e. The quantitative estimate of drug-likeness (QED) is 0.757. The van der Waals surface area contributed by atoms with Gasteiger partial charge in [-0.25, -0.2) is 9.78 Å². The molecule has 1 fully saturated rings. The van der Waals surface area contributed by atoms with Gasteiger partial charge in [-0.05, 0) is 38.0 Å². The molecule has 1 saturated heterocycles. The van der Waals surface area contributed by atoms with E-state index in [1.165, 1.54) is 30.7 Å². The number of pyridine rings is 1. The molecule has 0 amide bonds. The molecule has 0 aromatic carbocycles. The Hall–Kier alpha value is -2.67. The van der Waals surface area contributed by atoms with Crippen molar-refractivity contribution in [2.24, 2.45) is 5.41 Å². The number of piperazine rings is 1. The van der Waals surface area contributed by atoms with Crippen LogP contribution in [-0.2, 0) is 9.59 Å². The second kappa shape index (κ2) is 8.62. The molecule has 1 aromatic rings. The van der Waals surface area contributed by atoms with E-state index in [-0.39, 0.29) is 12.0 Å². The third kappa shape index (κ3) is 5.16. The standard InChI is InChI=1S/C10H15N3.C9H10O4/c1-9-2-3-12-10(8-9)13-6-4-11-5-7-13;1-9(8(12)13)4-2-3-6(5-9)7(10)11/h2-3,8,11H,4-7H2,1H3;2-4H,5H2,1H3,(H,10,11)(H,12,13)/t;9-/m.1/s1. The number of carboxylic acid groups (broad SMARTS) is 2. The molecule has 26 heavy (non-hydrogen) atoms. The highest BCUT2D eigenvalue weighted by atomic mass is 16.4. The number of carboxylic acids is 2. The first kappa shape index (κ1) is 19.7. The van der Waals surface area contributed by atoms with Gasteiger partial charge in [-0.15, -0.1) is 0 Å². The SMILES string of the molecule is C[C@@]1(C(=O)O)C=CC=C(C(=O)O)C1.Cc1ccnc(N2CCNCC2)c1. The molecule has 140 valence electrons. The van der Waals surface area contributed by atoms with Crippen LogP contribution in [0.3, 0.4) is 0 Å². The van der Waals surface area contributed by atoms with Gasteiger partial charge in [0.1, 0.15) is 5.82 Å². The average Bonchev–Trinajstić information content (AvgIpc) is 2.63. The summed E-state index contributed by atoms with van der Waals surface area (Å²) in [6, 6.07) is 4.18. The van der Waals surface area contributed by atoms with Crippen LogP contribution in [0.15, 0.2) is 42.1 Å². The number of rotatable bonds is 3. The first-order chi connectivity index (χ1) is 12.3. The number of aryl methyl sites for hydroxylation is 1. The summed E-state index contributed by atoms with van der Waals surface area (Å²) in [7, 11) is 0. The Labute approximate surface area is 153 Å². The lowest BCUT2D eigenvalue weighted by atomic mass is 9.80. The molecule has 7 heteroatoms. The second-order valence-corrected chi connectivity index (χ2v) is 6.68. The Morgan fingerprint density at radius 3 is 2.54 bits per heavy atom. The van der Waals surface area contributed by atoms with Crippen LogP contribution >= 0.6 is 0 Å². The van der Waals surface area contributed by atoms with Gasteiger partial charge >= 0.3 is 11.9 Å². The molecule has 2 aliphatic rings. The predicted molar refractivity (Wildman–Crippen MR) is 99.3 cm³/mol. The Kier molecular flexibility index (Phi) is 6.52. The van der Waals surface area contributed by atoms with Gasteiger partial charge in [0.2, 0.25) is 0 Å². The van der Waals surface area contributed by atoms with Crippen molar-refractivity contribution in [3.8, 4) is 0 Å². The molecule has 1 aromatic heterocycles. The molecule has 0 bridgehead atoms. The van der Waals surface area contributed by atoms with Crippen LogP contribution in [0.4, 0.5) is 5.82 Å². The van der Waals surface area contributed by atoms with Crippen LogP contribution in [0.1, 0.15) is 18.9 Å². The van der Waals surface area contributed by atoms with Crippen molar-refractivity contribution in [1.29, 1.82) is 0 Å². The summed E-state index contributed by atoms with van der Waals surface area (Å²) in [5.74, 6) is -0.950. The first-order valence-corrected chi connectivity index (χ1v) is 8.55. The zero-order chi connectivity index (χ0) is 19.2. The summed E-state index contributed by atoms with van der Waals surface area (Å²) >= 11 is 0. The Bertz CT molecular complexity index is 723. The number of nitrogens with one attached hydrogen (secondary N) is 1. The van der Waals surface area contributed by atoms with E-state index in [1.807, 2.05) is 12.3 Å². The summed E-state index contributed by atoms with van der Waals surface area (Å²) < 4.78 is 0. The number of hydrogen-bond donors (Lipinski definition) is 3. The van der Waals surface area contributed by atoms with Crippen molar-refractivity contribution in [2.45, 2.75) is 20.3 Å². The lowest BCUT2D eigenvalue weighted by Gasteiger charge is -2.28. The van der Waals surface area contributed by atoms with Gasteiger partial charge in [-0.1, -0.05) is 18.2 Å². The van der Waals surface area contributed by atoms with Crippen LogP contribution in [0.5, 0.6) is 0 Å². The summed E-state index contributed by atoms with van der Waals surface area (Å²) in [5, 5.41) is 20.8. The van der Waals surface area contributed by atoms with Gasteiger partial charge in [-0.2, -0.15) is 0 Å². The molecular formula is C19H25N3O4. The third-order valence-corrected chi connectivity index (χ3v) is 4.42. The minimum Gasteiger partial charge on any atom is -0.481 e. The number of allylic oxidation sites excluding steroid dienone is 2. The molecule has 0 radical (unpaired) electrons. The number of nitrogens with zero attached hydrogens (tertiary/aromatic N) is 2. The van der Waals surface area contributed by atoms with Gasteiger partial charge < -0.3 is 20.4 Å². The molecule has 0 unspecified atom stereocenters. The lowest BCUT2D eigenvalue weighted by Crippen LogP contribution is -2.43. The molecule has 1 aliphatic carbocycles. The normalized spacial score (nSPS) is 22.1. The Morgan fingerprint density at radius 1 is 1.27 bits per heavy atom. The van der Waals surface area contributed by atoms with Crippen LogP contribution in [-0.4, -0.2) is 53.3 Å². The molecule has 3 rings (SSSR count). The average molecular weight is 359 g/mol. The summed E-state index contributed by atoms with van der Waals surface area (Å²) in [5.41, 5.74) is 0.332. The highest BCUT2D eigenvalue weighted by Crippen LogP contribution is 2.31. The van der Waals surface area contributed by atoms with E-state index in [1.54, 1.807) is 0 Å². The van der Waals surface area contributed by atoms with Crippen molar-refractivity contribution in [3.05, 3.63) is 47.7 Å². The maximum Gasteiger partial charge on any atom is 0.331 e. The van der Waals surface area contributed by atoms with Crippen molar-refractivity contribution in [2.75, 3.05) is 31.1 Å². The fraction of sp³-hybridized carbons (Fsp3) is 0.421. The van der Waals surface area contributed by atoms with E-state index in [9.17, 15) is 9.59 Å². The molecule has 1 aliphatic heterocycles. The molecule has 0 spiro atoms. The minimum atomic E-state index is -1.08. The van der Waals surface area contributed by atoms with E-state index in [0.717, 1.165) is 32.0 Å². The number of hydrogen-bond acceptors (Lipinski definition) is 5. The maximum absolute atomic E-state index is 10.8. The van der Waals surface area contributed by atoms with Crippen LogP contribution in [0.25, 0.3) is 0 Å². The fourth-order valence-corrected chi connectivity index (χ4v) is 2.77. The number of anilines is 1. The van der Waals surface area contributed by atoms with E-state index in [2.05, 4.69) is 28.2 Å². The molecule has 1 atom stereocenters. The maximum atomic E-state index is 10.8. The van der Waals surface area contributed by atoms with Gasteiger partial charge in [-0.3, -0.25) is 4.79 Å². The Balaban J connectivity index is 0.000000187. The topological polar surface area (TPSA) is 103 Å². The number of aliphatic carboxylic acids is 2. The highest BCUT2D eigenvalue weighted by molar-refractivity contribution is 5.90. The Morgan fingerprint density at radius 2 is 1.96 bits per heavy atom. The summed E-state index contributed by atoms with van der Waals surface area (Å²) in [6.07, 6.45) is 6.32.